The van der Waals surface area contributed by atoms with Crippen LogP contribution >= 0.6 is 0 Å². The maximum atomic E-state index is 12.7. The molecule has 1 saturated heterocycles. The Kier molecular flexibility index (Phi) is 9.39. The summed E-state index contributed by atoms with van der Waals surface area (Å²) in [5.41, 5.74) is 3.69. The van der Waals surface area contributed by atoms with Gasteiger partial charge in [0.1, 0.15) is 0 Å². The molecule has 0 radical (unpaired) electrons. The van der Waals surface area contributed by atoms with E-state index in [4.69, 9.17) is 4.74 Å². The highest BCUT2D eigenvalue weighted by molar-refractivity contribution is 5.92. The van der Waals surface area contributed by atoms with Gasteiger partial charge in [0.15, 0.2) is 0 Å². The van der Waals surface area contributed by atoms with Crippen LogP contribution in [-0.2, 0) is 14.3 Å². The highest BCUT2D eigenvalue weighted by atomic mass is 16.5. The molecule has 2 heterocycles. The van der Waals surface area contributed by atoms with E-state index >= 15 is 0 Å². The minimum atomic E-state index is 0.00421. The largest absolute Gasteiger partial charge is 0.382 e. The second kappa shape index (κ2) is 12.2. The quantitative estimate of drug-likeness (QED) is 0.454. The second-order valence-electron chi connectivity index (χ2n) is 9.26. The molecule has 6 nitrogen and oxygen atoms in total. The van der Waals surface area contributed by atoms with Crippen molar-refractivity contribution in [3.05, 3.63) is 29.1 Å². The number of hydrogen-bond acceptors (Lipinski definition) is 3. The fourth-order valence-electron chi connectivity index (χ4n) is 5.18. The fraction of sp³-hybridized carbons (Fsp3) is 0.692. The van der Waals surface area contributed by atoms with Crippen molar-refractivity contribution in [2.24, 2.45) is 5.92 Å². The monoisotopic (exact) mass is 443 g/mol. The molecule has 1 aromatic heterocycles. The third-order valence-corrected chi connectivity index (χ3v) is 7.02. The van der Waals surface area contributed by atoms with Crippen molar-refractivity contribution in [2.75, 3.05) is 32.8 Å². The molecule has 32 heavy (non-hydrogen) atoms. The molecular formula is C26H41N3O3. The Labute approximate surface area is 193 Å². The average Bonchev–Trinajstić information content (AvgIpc) is 3.10. The molecule has 1 saturated carbocycles. The van der Waals surface area contributed by atoms with Crippen molar-refractivity contribution in [1.82, 2.24) is 14.8 Å². The van der Waals surface area contributed by atoms with Crippen molar-refractivity contribution < 1.29 is 14.3 Å². The van der Waals surface area contributed by atoms with E-state index in [1.807, 2.05) is 17.9 Å². The molecule has 178 valence electrons. The zero-order valence-electron chi connectivity index (χ0n) is 20.2. The van der Waals surface area contributed by atoms with Crippen LogP contribution in [0.2, 0.25) is 0 Å². The van der Waals surface area contributed by atoms with Crippen molar-refractivity contribution in [2.45, 2.75) is 78.2 Å². The molecule has 0 spiro atoms. The molecule has 0 unspecified atom stereocenters. The van der Waals surface area contributed by atoms with Gasteiger partial charge in [0.25, 0.3) is 0 Å². The smallest absolute Gasteiger partial charge is 0.246 e. The molecule has 3 rings (SSSR count). The Morgan fingerprint density at radius 3 is 2.53 bits per heavy atom. The van der Waals surface area contributed by atoms with E-state index < -0.39 is 0 Å². The molecule has 1 N–H and O–H groups in total. The van der Waals surface area contributed by atoms with Crippen LogP contribution < -0.4 is 5.32 Å². The van der Waals surface area contributed by atoms with E-state index in [-0.39, 0.29) is 17.7 Å². The van der Waals surface area contributed by atoms with E-state index in [1.165, 1.54) is 43.5 Å². The number of amides is 2. The molecule has 0 aromatic carbocycles. The van der Waals surface area contributed by atoms with Gasteiger partial charge in [-0.05, 0) is 70.6 Å². The molecule has 1 aromatic rings. The van der Waals surface area contributed by atoms with Gasteiger partial charge >= 0.3 is 0 Å². The first-order valence-corrected chi connectivity index (χ1v) is 12.5. The van der Waals surface area contributed by atoms with Gasteiger partial charge in [-0.1, -0.05) is 19.3 Å². The van der Waals surface area contributed by atoms with Crippen LogP contribution in [0.1, 0.15) is 81.3 Å². The number of carbonyl (C=O) groups excluding carboxylic acids is 2. The van der Waals surface area contributed by atoms with E-state index in [2.05, 4.69) is 29.8 Å². The van der Waals surface area contributed by atoms with Crippen LogP contribution in [0.15, 0.2) is 12.1 Å². The van der Waals surface area contributed by atoms with Crippen molar-refractivity contribution in [3.8, 4) is 0 Å². The maximum Gasteiger partial charge on any atom is 0.246 e. The highest BCUT2D eigenvalue weighted by Crippen LogP contribution is 2.32. The average molecular weight is 444 g/mol. The van der Waals surface area contributed by atoms with Crippen LogP contribution in [0.25, 0.3) is 6.08 Å². The summed E-state index contributed by atoms with van der Waals surface area (Å²) in [6.07, 6.45) is 12.5. The summed E-state index contributed by atoms with van der Waals surface area (Å²) in [5, 5.41) is 3.00. The molecule has 1 aliphatic carbocycles. The van der Waals surface area contributed by atoms with Crippen molar-refractivity contribution >= 4 is 17.9 Å². The summed E-state index contributed by atoms with van der Waals surface area (Å²) in [6.45, 7) is 9.64. The van der Waals surface area contributed by atoms with Crippen molar-refractivity contribution in [3.63, 3.8) is 0 Å². The van der Waals surface area contributed by atoms with E-state index in [0.29, 0.717) is 38.9 Å². The number of piperidine rings is 1. The first-order chi connectivity index (χ1) is 15.5. The summed E-state index contributed by atoms with van der Waals surface area (Å²) >= 11 is 0. The van der Waals surface area contributed by atoms with Gasteiger partial charge in [-0.3, -0.25) is 9.59 Å². The fourth-order valence-corrected chi connectivity index (χ4v) is 5.18. The zero-order valence-corrected chi connectivity index (χ0v) is 20.2. The summed E-state index contributed by atoms with van der Waals surface area (Å²) in [5.74, 6) is 0.159. The SMILES string of the molecule is CCOCCCNC(=O)C1CCN(C(=O)C=Cc2cc(C)n(C3CCCCC3)c2C)CC1. The van der Waals surface area contributed by atoms with Crippen LogP contribution in [-0.4, -0.2) is 54.1 Å². The lowest BCUT2D eigenvalue weighted by molar-refractivity contribution is -0.132. The van der Waals surface area contributed by atoms with Gasteiger partial charge < -0.3 is 19.5 Å². The van der Waals surface area contributed by atoms with Gasteiger partial charge in [0, 0.05) is 62.3 Å². The van der Waals surface area contributed by atoms with Crippen LogP contribution in [0.5, 0.6) is 0 Å². The summed E-state index contributed by atoms with van der Waals surface area (Å²) in [7, 11) is 0. The Morgan fingerprint density at radius 1 is 1.12 bits per heavy atom. The topological polar surface area (TPSA) is 63.6 Å². The Hall–Kier alpha value is -2.08. The molecule has 6 heteroatoms. The lowest BCUT2D eigenvalue weighted by Gasteiger charge is -2.30. The zero-order chi connectivity index (χ0) is 22.9. The van der Waals surface area contributed by atoms with Gasteiger partial charge in [-0.25, -0.2) is 0 Å². The van der Waals surface area contributed by atoms with Gasteiger partial charge in [0.05, 0.1) is 0 Å². The van der Waals surface area contributed by atoms with Crippen LogP contribution in [0, 0.1) is 19.8 Å². The number of likely N-dealkylation sites (tertiary alicyclic amines) is 1. The second-order valence-corrected chi connectivity index (χ2v) is 9.26. The van der Waals surface area contributed by atoms with E-state index in [1.54, 1.807) is 6.08 Å². The van der Waals surface area contributed by atoms with E-state index in [0.717, 1.165) is 24.8 Å². The predicted molar refractivity (Wildman–Crippen MR) is 128 cm³/mol. The number of nitrogens with one attached hydrogen (secondary N) is 1. The standard InChI is InChI=1S/C26H41N3O3/c1-4-32-18-8-15-27-26(31)22-13-16-28(17-14-22)25(30)12-11-23-19-20(2)29(21(23)3)24-9-6-5-7-10-24/h11-12,19,22,24H,4-10,13-18H2,1-3H3,(H,27,31). The molecule has 2 fully saturated rings. The van der Waals surface area contributed by atoms with Crippen molar-refractivity contribution in [1.29, 1.82) is 0 Å². The van der Waals surface area contributed by atoms with E-state index in [9.17, 15) is 9.59 Å². The highest BCUT2D eigenvalue weighted by Gasteiger charge is 2.26. The number of aryl methyl sites for hydroxylation is 1. The minimum absolute atomic E-state index is 0.00421. The first kappa shape index (κ1) is 24.6. The number of carbonyl (C=O) groups is 2. The molecule has 0 atom stereocenters. The lowest BCUT2D eigenvalue weighted by Crippen LogP contribution is -2.42. The summed E-state index contributed by atoms with van der Waals surface area (Å²) in [6, 6.07) is 2.81. The number of ether oxygens (including phenoxy) is 1. The minimum Gasteiger partial charge on any atom is -0.382 e. The summed E-state index contributed by atoms with van der Waals surface area (Å²) in [4.78, 5) is 27.0. The lowest BCUT2D eigenvalue weighted by atomic mass is 9.95. The third-order valence-electron chi connectivity index (χ3n) is 7.02. The Bertz CT molecular complexity index is 784. The number of nitrogens with zero attached hydrogens (tertiary/aromatic N) is 2. The number of aromatic nitrogens is 1. The van der Waals surface area contributed by atoms with Crippen LogP contribution in [0.3, 0.4) is 0 Å². The van der Waals surface area contributed by atoms with Gasteiger partial charge in [0.2, 0.25) is 11.8 Å². The Morgan fingerprint density at radius 2 is 1.84 bits per heavy atom. The molecular weight excluding hydrogens is 402 g/mol. The molecule has 2 amide bonds. The number of rotatable bonds is 9. The Balaban J connectivity index is 1.47. The predicted octanol–water partition coefficient (Wildman–Crippen LogP) is 4.40. The van der Waals surface area contributed by atoms with Gasteiger partial charge in [-0.2, -0.15) is 0 Å². The normalized spacial score (nSPS) is 18.4. The first-order valence-electron chi connectivity index (χ1n) is 12.5. The molecule has 0 bridgehead atoms. The summed E-state index contributed by atoms with van der Waals surface area (Å²) < 4.78 is 7.77. The number of hydrogen-bond donors (Lipinski definition) is 1. The maximum absolute atomic E-state index is 12.7. The van der Waals surface area contributed by atoms with Gasteiger partial charge in [-0.15, -0.1) is 0 Å². The molecule has 2 aliphatic rings. The third kappa shape index (κ3) is 6.47. The van der Waals surface area contributed by atoms with Crippen LogP contribution in [0.4, 0.5) is 0 Å². The molecule has 1 aliphatic heterocycles.